The Hall–Kier alpha value is -1.46. The Bertz CT molecular complexity index is 343. The first-order valence-electron chi connectivity index (χ1n) is 5.87. The number of hydrogen-bond acceptors (Lipinski definition) is 5. The fourth-order valence-corrected chi connectivity index (χ4v) is 1.74. The van der Waals surface area contributed by atoms with Gasteiger partial charge in [-0.15, -0.1) is 0 Å². The van der Waals surface area contributed by atoms with E-state index in [1.807, 2.05) is 12.1 Å². The van der Waals surface area contributed by atoms with Gasteiger partial charge in [0.2, 0.25) is 0 Å². The van der Waals surface area contributed by atoms with Crippen LogP contribution in [0.4, 0.5) is 0 Å². The predicted octanol–water partition coefficient (Wildman–Crippen LogP) is 0.837. The van der Waals surface area contributed by atoms with Crippen LogP contribution in [0.1, 0.15) is 5.56 Å². The lowest BCUT2D eigenvalue weighted by atomic mass is 10.1. The summed E-state index contributed by atoms with van der Waals surface area (Å²) in [4.78, 5) is 0. The van der Waals surface area contributed by atoms with Crippen molar-refractivity contribution in [3.63, 3.8) is 0 Å². The molecule has 2 N–H and O–H groups in total. The summed E-state index contributed by atoms with van der Waals surface area (Å²) in [5.74, 6) is 2.20. The van der Waals surface area contributed by atoms with Gasteiger partial charge in [0.05, 0.1) is 27.9 Å². The second-order valence-corrected chi connectivity index (χ2v) is 3.73. The largest absolute Gasteiger partial charge is 0.496 e. The van der Waals surface area contributed by atoms with E-state index in [4.69, 9.17) is 19.3 Å². The van der Waals surface area contributed by atoms with Crippen molar-refractivity contribution in [3.8, 4) is 17.2 Å². The molecule has 0 aliphatic carbocycles. The van der Waals surface area contributed by atoms with Crippen molar-refractivity contribution in [3.05, 3.63) is 17.7 Å². The third-order valence-electron chi connectivity index (χ3n) is 2.66. The maximum atomic E-state index is 8.70. The minimum atomic E-state index is 0.136. The smallest absolute Gasteiger partial charge is 0.129 e. The zero-order chi connectivity index (χ0) is 13.4. The van der Waals surface area contributed by atoms with Gasteiger partial charge < -0.3 is 24.6 Å². The minimum Gasteiger partial charge on any atom is -0.496 e. The molecule has 0 unspecified atom stereocenters. The van der Waals surface area contributed by atoms with Gasteiger partial charge in [-0.1, -0.05) is 0 Å². The first-order valence-corrected chi connectivity index (χ1v) is 5.87. The van der Waals surface area contributed by atoms with E-state index in [-0.39, 0.29) is 6.61 Å². The van der Waals surface area contributed by atoms with E-state index in [2.05, 4.69) is 5.32 Å². The number of aliphatic hydroxyl groups is 1. The zero-order valence-corrected chi connectivity index (χ0v) is 11.2. The Morgan fingerprint density at radius 2 is 1.61 bits per heavy atom. The lowest BCUT2D eigenvalue weighted by Gasteiger charge is -2.15. The quantitative estimate of drug-likeness (QED) is 0.674. The molecule has 0 aliphatic heterocycles. The van der Waals surface area contributed by atoms with Crippen molar-refractivity contribution < 1.29 is 19.3 Å². The zero-order valence-electron chi connectivity index (χ0n) is 11.2. The van der Waals surface area contributed by atoms with Gasteiger partial charge in [-0.2, -0.15) is 0 Å². The number of benzene rings is 1. The standard InChI is InChI=1S/C13H21NO4/c1-16-10-8-12(17-2)11(13(9-10)18-3)4-5-14-6-7-15/h8-9,14-15H,4-7H2,1-3H3. The van der Waals surface area contributed by atoms with Crippen LogP contribution >= 0.6 is 0 Å². The van der Waals surface area contributed by atoms with Crippen LogP contribution in [-0.4, -0.2) is 46.1 Å². The topological polar surface area (TPSA) is 60.0 Å². The van der Waals surface area contributed by atoms with Crippen molar-refractivity contribution >= 4 is 0 Å². The Morgan fingerprint density at radius 3 is 2.06 bits per heavy atom. The average molecular weight is 255 g/mol. The van der Waals surface area contributed by atoms with Gasteiger partial charge in [0.1, 0.15) is 17.2 Å². The molecule has 18 heavy (non-hydrogen) atoms. The molecular formula is C13H21NO4. The summed E-state index contributed by atoms with van der Waals surface area (Å²) in [5.41, 5.74) is 0.992. The van der Waals surface area contributed by atoms with Gasteiger partial charge in [0.25, 0.3) is 0 Å². The first-order chi connectivity index (χ1) is 8.76. The molecular weight excluding hydrogens is 234 g/mol. The molecule has 5 nitrogen and oxygen atoms in total. The molecule has 1 aromatic carbocycles. The summed E-state index contributed by atoms with van der Waals surface area (Å²) >= 11 is 0. The Morgan fingerprint density at radius 1 is 1.00 bits per heavy atom. The molecule has 1 aromatic rings. The van der Waals surface area contributed by atoms with Crippen LogP contribution < -0.4 is 19.5 Å². The molecule has 0 saturated heterocycles. The summed E-state index contributed by atoms with van der Waals surface area (Å²) in [6.07, 6.45) is 0.760. The molecule has 102 valence electrons. The second-order valence-electron chi connectivity index (χ2n) is 3.73. The van der Waals surface area contributed by atoms with Crippen LogP contribution in [0, 0.1) is 0 Å². The van der Waals surface area contributed by atoms with Gasteiger partial charge in [0.15, 0.2) is 0 Å². The lowest BCUT2D eigenvalue weighted by Crippen LogP contribution is -2.21. The van der Waals surface area contributed by atoms with Crippen LogP contribution in [0.5, 0.6) is 17.2 Å². The summed E-state index contributed by atoms with van der Waals surface area (Å²) in [7, 11) is 4.86. The van der Waals surface area contributed by atoms with Crippen molar-refractivity contribution in [2.24, 2.45) is 0 Å². The Labute approximate surface area is 108 Å². The minimum absolute atomic E-state index is 0.136. The normalized spacial score (nSPS) is 10.2. The number of hydrogen-bond donors (Lipinski definition) is 2. The Balaban J connectivity index is 2.85. The van der Waals surface area contributed by atoms with Gasteiger partial charge >= 0.3 is 0 Å². The third-order valence-corrected chi connectivity index (χ3v) is 2.66. The molecule has 5 heteroatoms. The summed E-state index contributed by atoms with van der Waals surface area (Å²) < 4.78 is 15.9. The van der Waals surface area contributed by atoms with E-state index < -0.39 is 0 Å². The van der Waals surface area contributed by atoms with E-state index in [9.17, 15) is 0 Å². The fraction of sp³-hybridized carbons (Fsp3) is 0.538. The maximum Gasteiger partial charge on any atom is 0.129 e. The van der Waals surface area contributed by atoms with Crippen molar-refractivity contribution in [2.45, 2.75) is 6.42 Å². The molecule has 0 atom stereocenters. The predicted molar refractivity (Wildman–Crippen MR) is 69.8 cm³/mol. The number of rotatable bonds is 8. The van der Waals surface area contributed by atoms with Gasteiger partial charge in [0, 0.05) is 24.2 Å². The molecule has 0 aliphatic rings. The molecule has 0 radical (unpaired) electrons. The highest BCUT2D eigenvalue weighted by Gasteiger charge is 2.12. The highest BCUT2D eigenvalue weighted by Crippen LogP contribution is 2.34. The van der Waals surface area contributed by atoms with Crippen LogP contribution in [-0.2, 0) is 6.42 Å². The van der Waals surface area contributed by atoms with Crippen molar-refractivity contribution in [1.29, 1.82) is 0 Å². The highest BCUT2D eigenvalue weighted by atomic mass is 16.5. The molecule has 0 bridgehead atoms. The first kappa shape index (κ1) is 14.6. The molecule has 0 spiro atoms. The molecule has 0 heterocycles. The number of ether oxygens (including phenoxy) is 3. The lowest BCUT2D eigenvalue weighted by molar-refractivity contribution is 0.292. The molecule has 1 rings (SSSR count). The van der Waals surface area contributed by atoms with Crippen molar-refractivity contribution in [2.75, 3.05) is 41.0 Å². The van der Waals surface area contributed by atoms with E-state index in [0.29, 0.717) is 12.3 Å². The SMILES string of the molecule is COc1cc(OC)c(CCNCCO)c(OC)c1. The molecule has 0 fully saturated rings. The van der Waals surface area contributed by atoms with E-state index in [1.165, 1.54) is 0 Å². The van der Waals surface area contributed by atoms with Crippen LogP contribution in [0.2, 0.25) is 0 Å². The number of methoxy groups -OCH3 is 3. The summed E-state index contributed by atoms with van der Waals surface area (Å²) in [6, 6.07) is 3.67. The fourth-order valence-electron chi connectivity index (χ4n) is 1.74. The Kier molecular flexibility index (Phi) is 6.32. The van der Waals surface area contributed by atoms with Crippen LogP contribution in [0.15, 0.2) is 12.1 Å². The third kappa shape index (κ3) is 3.78. The van der Waals surface area contributed by atoms with Gasteiger partial charge in [-0.05, 0) is 13.0 Å². The average Bonchev–Trinajstić information content (AvgIpc) is 2.42. The van der Waals surface area contributed by atoms with Gasteiger partial charge in [-0.25, -0.2) is 0 Å². The van der Waals surface area contributed by atoms with Gasteiger partial charge in [-0.3, -0.25) is 0 Å². The second kappa shape index (κ2) is 7.79. The molecule has 0 aromatic heterocycles. The summed E-state index contributed by atoms with van der Waals surface area (Å²) in [6.45, 7) is 1.47. The van der Waals surface area contributed by atoms with E-state index in [0.717, 1.165) is 30.0 Å². The van der Waals surface area contributed by atoms with E-state index in [1.54, 1.807) is 21.3 Å². The number of nitrogens with one attached hydrogen (secondary N) is 1. The highest BCUT2D eigenvalue weighted by molar-refractivity contribution is 5.50. The summed E-state index contributed by atoms with van der Waals surface area (Å²) in [5, 5.41) is 11.8. The van der Waals surface area contributed by atoms with E-state index >= 15 is 0 Å². The van der Waals surface area contributed by atoms with Crippen LogP contribution in [0.25, 0.3) is 0 Å². The monoisotopic (exact) mass is 255 g/mol. The molecule has 0 amide bonds. The van der Waals surface area contributed by atoms with Crippen molar-refractivity contribution in [1.82, 2.24) is 5.32 Å². The van der Waals surface area contributed by atoms with Crippen LogP contribution in [0.3, 0.4) is 0 Å². The maximum absolute atomic E-state index is 8.70. The molecule has 0 saturated carbocycles. The number of aliphatic hydroxyl groups excluding tert-OH is 1.